The number of hydrogen-bond acceptors (Lipinski definition) is 4. The number of hydrogen-bond donors (Lipinski definition) is 2. The highest BCUT2D eigenvalue weighted by molar-refractivity contribution is 8.17. The first-order valence-corrected chi connectivity index (χ1v) is 6.32. The molecule has 0 aliphatic carbocycles. The Hall–Kier alpha value is -0.360. The molecule has 0 saturated heterocycles. The van der Waals surface area contributed by atoms with Crippen LogP contribution in [0, 0.1) is 0 Å². The second kappa shape index (κ2) is 7.99. The molecular formula is C8H14O4S2. The summed E-state index contributed by atoms with van der Waals surface area (Å²) in [7, 11) is 0. The molecule has 0 amide bonds. The molecule has 0 aliphatic rings. The average Bonchev–Trinajstić information content (AvgIpc) is 2.09. The number of thioether (sulfide) groups is 2. The van der Waals surface area contributed by atoms with Crippen molar-refractivity contribution in [2.24, 2.45) is 0 Å². The highest BCUT2D eigenvalue weighted by atomic mass is 32.2. The van der Waals surface area contributed by atoms with Crippen LogP contribution in [0.15, 0.2) is 0 Å². The summed E-state index contributed by atoms with van der Waals surface area (Å²) in [6, 6.07) is 0. The summed E-state index contributed by atoms with van der Waals surface area (Å²) < 4.78 is 0.0761. The van der Waals surface area contributed by atoms with Crippen LogP contribution < -0.4 is 0 Å². The smallest absolute Gasteiger partial charge is 0.313 e. The van der Waals surface area contributed by atoms with Crippen LogP contribution >= 0.6 is 23.5 Å². The molecule has 0 rings (SSSR count). The molecule has 0 aliphatic heterocycles. The van der Waals surface area contributed by atoms with E-state index in [1.54, 1.807) is 0 Å². The molecule has 0 aromatic rings. The van der Waals surface area contributed by atoms with Gasteiger partial charge >= 0.3 is 11.9 Å². The Morgan fingerprint density at radius 1 is 1.14 bits per heavy atom. The van der Waals surface area contributed by atoms with E-state index in [9.17, 15) is 9.59 Å². The molecule has 0 spiro atoms. The summed E-state index contributed by atoms with van der Waals surface area (Å²) in [4.78, 5) is 20.6. The lowest BCUT2D eigenvalue weighted by atomic mass is 10.4. The SMILES string of the molecule is CCCC(SCC(=O)O)SCC(=O)O. The van der Waals surface area contributed by atoms with Gasteiger partial charge in [0.05, 0.1) is 16.1 Å². The van der Waals surface area contributed by atoms with Crippen molar-refractivity contribution in [3.8, 4) is 0 Å². The molecule has 14 heavy (non-hydrogen) atoms. The van der Waals surface area contributed by atoms with Gasteiger partial charge in [0.1, 0.15) is 0 Å². The molecule has 4 nitrogen and oxygen atoms in total. The quantitative estimate of drug-likeness (QED) is 0.627. The second-order valence-corrected chi connectivity index (χ2v) is 5.31. The Labute approximate surface area is 91.5 Å². The summed E-state index contributed by atoms with van der Waals surface area (Å²) in [6.45, 7) is 2.00. The maximum Gasteiger partial charge on any atom is 0.313 e. The Morgan fingerprint density at radius 3 is 1.86 bits per heavy atom. The van der Waals surface area contributed by atoms with Gasteiger partial charge in [-0.15, -0.1) is 23.5 Å². The van der Waals surface area contributed by atoms with E-state index in [0.29, 0.717) is 0 Å². The van der Waals surface area contributed by atoms with E-state index in [4.69, 9.17) is 10.2 Å². The lowest BCUT2D eigenvalue weighted by molar-refractivity contribution is -0.134. The first kappa shape index (κ1) is 13.6. The van der Waals surface area contributed by atoms with Crippen LogP contribution in [0.4, 0.5) is 0 Å². The lowest BCUT2D eigenvalue weighted by Crippen LogP contribution is -2.08. The molecule has 0 bridgehead atoms. The van der Waals surface area contributed by atoms with Crippen molar-refractivity contribution in [3.05, 3.63) is 0 Å². The van der Waals surface area contributed by atoms with Crippen LogP contribution in [0.2, 0.25) is 0 Å². The summed E-state index contributed by atoms with van der Waals surface area (Å²) in [5.41, 5.74) is 0. The summed E-state index contributed by atoms with van der Waals surface area (Å²) >= 11 is 2.59. The zero-order valence-electron chi connectivity index (χ0n) is 7.93. The fraction of sp³-hybridized carbons (Fsp3) is 0.750. The summed E-state index contributed by atoms with van der Waals surface area (Å²) in [6.07, 6.45) is 1.78. The third kappa shape index (κ3) is 8.25. The number of rotatable bonds is 8. The monoisotopic (exact) mass is 238 g/mol. The van der Waals surface area contributed by atoms with Crippen LogP contribution in [0.25, 0.3) is 0 Å². The van der Waals surface area contributed by atoms with E-state index in [0.717, 1.165) is 12.8 Å². The fourth-order valence-electron chi connectivity index (χ4n) is 0.779. The Bertz CT molecular complexity index is 178. The first-order valence-electron chi connectivity index (χ1n) is 4.23. The number of carboxylic acids is 2. The highest BCUT2D eigenvalue weighted by Crippen LogP contribution is 2.27. The lowest BCUT2D eigenvalue weighted by Gasteiger charge is -2.12. The van der Waals surface area contributed by atoms with Gasteiger partial charge in [0.25, 0.3) is 0 Å². The van der Waals surface area contributed by atoms with E-state index in [1.165, 1.54) is 23.5 Å². The number of aliphatic carboxylic acids is 2. The van der Waals surface area contributed by atoms with Gasteiger partial charge in [-0.1, -0.05) is 13.3 Å². The Morgan fingerprint density at radius 2 is 1.57 bits per heavy atom. The highest BCUT2D eigenvalue weighted by Gasteiger charge is 2.12. The summed E-state index contributed by atoms with van der Waals surface area (Å²) in [5, 5.41) is 16.9. The molecular weight excluding hydrogens is 224 g/mol. The van der Waals surface area contributed by atoms with E-state index in [-0.39, 0.29) is 16.1 Å². The maximum absolute atomic E-state index is 10.3. The van der Waals surface area contributed by atoms with Gasteiger partial charge < -0.3 is 10.2 Å². The average molecular weight is 238 g/mol. The molecule has 82 valence electrons. The molecule has 0 aromatic carbocycles. The van der Waals surface area contributed by atoms with E-state index >= 15 is 0 Å². The van der Waals surface area contributed by atoms with Crippen molar-refractivity contribution in [1.82, 2.24) is 0 Å². The van der Waals surface area contributed by atoms with Crippen molar-refractivity contribution in [2.75, 3.05) is 11.5 Å². The van der Waals surface area contributed by atoms with Gasteiger partial charge in [0.15, 0.2) is 0 Å². The van der Waals surface area contributed by atoms with Crippen LogP contribution in [0.5, 0.6) is 0 Å². The largest absolute Gasteiger partial charge is 0.481 e. The van der Waals surface area contributed by atoms with Crippen molar-refractivity contribution in [2.45, 2.75) is 24.3 Å². The number of carboxylic acid groups (broad SMARTS) is 2. The van der Waals surface area contributed by atoms with Crippen LogP contribution in [-0.4, -0.2) is 38.2 Å². The van der Waals surface area contributed by atoms with Crippen LogP contribution in [0.3, 0.4) is 0 Å². The van der Waals surface area contributed by atoms with Gasteiger partial charge in [0.2, 0.25) is 0 Å². The molecule has 0 fully saturated rings. The van der Waals surface area contributed by atoms with Gasteiger partial charge in [-0.25, -0.2) is 0 Å². The molecule has 0 aromatic heterocycles. The molecule has 0 radical (unpaired) electrons. The van der Waals surface area contributed by atoms with Crippen molar-refractivity contribution < 1.29 is 19.8 Å². The first-order chi connectivity index (χ1) is 6.56. The topological polar surface area (TPSA) is 74.6 Å². The third-order valence-corrected chi connectivity index (χ3v) is 4.17. The zero-order valence-corrected chi connectivity index (χ0v) is 9.57. The van der Waals surface area contributed by atoms with Crippen molar-refractivity contribution in [3.63, 3.8) is 0 Å². The molecule has 0 unspecified atom stereocenters. The van der Waals surface area contributed by atoms with Crippen LogP contribution in [0.1, 0.15) is 19.8 Å². The van der Waals surface area contributed by atoms with Gasteiger partial charge in [-0.05, 0) is 6.42 Å². The Balaban J connectivity index is 3.76. The van der Waals surface area contributed by atoms with Crippen molar-refractivity contribution >= 4 is 35.5 Å². The predicted molar refractivity (Wildman–Crippen MR) is 58.9 cm³/mol. The van der Waals surface area contributed by atoms with Crippen LogP contribution in [-0.2, 0) is 9.59 Å². The minimum atomic E-state index is -0.855. The molecule has 2 N–H and O–H groups in total. The zero-order chi connectivity index (χ0) is 11.0. The minimum absolute atomic E-state index is 0.0390. The molecule has 0 heterocycles. The summed E-state index contributed by atoms with van der Waals surface area (Å²) in [5.74, 6) is -1.63. The number of carbonyl (C=O) groups is 2. The maximum atomic E-state index is 10.3. The van der Waals surface area contributed by atoms with Gasteiger partial charge in [-0.3, -0.25) is 9.59 Å². The third-order valence-electron chi connectivity index (χ3n) is 1.31. The minimum Gasteiger partial charge on any atom is -0.481 e. The van der Waals surface area contributed by atoms with E-state index < -0.39 is 11.9 Å². The fourth-order valence-corrected chi connectivity index (χ4v) is 3.03. The van der Waals surface area contributed by atoms with Gasteiger partial charge in [-0.2, -0.15) is 0 Å². The second-order valence-electron chi connectivity index (χ2n) is 2.63. The van der Waals surface area contributed by atoms with Gasteiger partial charge in [0, 0.05) is 0 Å². The Kier molecular flexibility index (Phi) is 7.78. The standard InChI is InChI=1S/C8H14O4S2/c1-2-3-8(13-4-6(9)10)14-5-7(11)12/h8H,2-5H2,1H3,(H,9,10)(H,11,12). The molecule has 0 atom stereocenters. The predicted octanol–water partition coefficient (Wildman–Crippen LogP) is 1.75. The van der Waals surface area contributed by atoms with E-state index in [2.05, 4.69) is 0 Å². The molecule has 6 heteroatoms. The van der Waals surface area contributed by atoms with Crippen molar-refractivity contribution in [1.29, 1.82) is 0 Å². The normalized spacial score (nSPS) is 10.4. The van der Waals surface area contributed by atoms with E-state index in [1.807, 2.05) is 6.92 Å². The molecule has 0 saturated carbocycles.